The molecule has 5 nitrogen and oxygen atoms in total. The Kier molecular flexibility index (Phi) is 6.98. The lowest BCUT2D eigenvalue weighted by Crippen LogP contribution is -2.30. The molecule has 0 radical (unpaired) electrons. The van der Waals surface area contributed by atoms with E-state index in [1.54, 1.807) is 24.3 Å². The van der Waals surface area contributed by atoms with Crippen molar-refractivity contribution in [3.05, 3.63) is 64.7 Å². The van der Waals surface area contributed by atoms with Crippen LogP contribution in [-0.2, 0) is 11.3 Å². The first-order valence-corrected chi connectivity index (χ1v) is 8.47. The van der Waals surface area contributed by atoms with Crippen molar-refractivity contribution in [2.24, 2.45) is 0 Å². The minimum Gasteiger partial charge on any atom is -0.352 e. The first-order valence-electron chi connectivity index (χ1n) is 8.09. The lowest BCUT2D eigenvalue weighted by molar-refractivity contribution is -0.117. The molecule has 0 saturated heterocycles. The van der Waals surface area contributed by atoms with Gasteiger partial charge in [-0.3, -0.25) is 14.5 Å². The zero-order chi connectivity index (χ0) is 18.2. The van der Waals surface area contributed by atoms with E-state index in [0.29, 0.717) is 29.4 Å². The summed E-state index contributed by atoms with van der Waals surface area (Å²) in [6.45, 7) is 3.31. The molecule has 0 saturated carbocycles. The van der Waals surface area contributed by atoms with Crippen LogP contribution in [0.5, 0.6) is 0 Å². The Morgan fingerprint density at radius 2 is 1.84 bits per heavy atom. The maximum atomic E-state index is 12.2. The van der Waals surface area contributed by atoms with E-state index < -0.39 is 0 Å². The number of carbonyl (C=O) groups excluding carboxylic acids is 2. The highest BCUT2D eigenvalue weighted by atomic mass is 35.5. The van der Waals surface area contributed by atoms with Crippen molar-refractivity contribution in [3.8, 4) is 0 Å². The highest BCUT2D eigenvalue weighted by molar-refractivity contribution is 6.30. The summed E-state index contributed by atoms with van der Waals surface area (Å²) in [7, 11) is 1.87. The van der Waals surface area contributed by atoms with Crippen LogP contribution >= 0.6 is 11.6 Å². The van der Waals surface area contributed by atoms with Crippen LogP contribution < -0.4 is 10.6 Å². The standard InChI is InChI=1S/C19H22ClN3O2/c1-3-21-19(25)15-5-4-6-17(11-15)22-18(24)13-23(2)12-14-7-9-16(20)10-8-14/h4-11H,3,12-13H2,1-2H3,(H,21,25)(H,22,24). The largest absolute Gasteiger partial charge is 0.352 e. The second-order valence-corrected chi connectivity index (χ2v) is 6.22. The zero-order valence-electron chi connectivity index (χ0n) is 14.4. The van der Waals surface area contributed by atoms with Crippen LogP contribution in [-0.4, -0.2) is 36.9 Å². The Bertz CT molecular complexity index is 732. The summed E-state index contributed by atoms with van der Waals surface area (Å²) in [6, 6.07) is 14.4. The first kappa shape index (κ1) is 19.0. The number of hydrogen-bond donors (Lipinski definition) is 2. The normalized spacial score (nSPS) is 10.6. The molecular weight excluding hydrogens is 338 g/mol. The van der Waals surface area contributed by atoms with Gasteiger partial charge in [-0.1, -0.05) is 29.8 Å². The monoisotopic (exact) mass is 359 g/mol. The molecule has 0 aliphatic heterocycles. The van der Waals surface area contributed by atoms with E-state index in [0.717, 1.165) is 5.56 Å². The van der Waals surface area contributed by atoms with Crippen LogP contribution in [0.2, 0.25) is 5.02 Å². The summed E-state index contributed by atoms with van der Waals surface area (Å²) in [4.78, 5) is 26.0. The summed E-state index contributed by atoms with van der Waals surface area (Å²) >= 11 is 5.87. The smallest absolute Gasteiger partial charge is 0.251 e. The van der Waals surface area contributed by atoms with Crippen LogP contribution in [0.4, 0.5) is 5.69 Å². The van der Waals surface area contributed by atoms with Crippen LogP contribution in [0.3, 0.4) is 0 Å². The fourth-order valence-electron chi connectivity index (χ4n) is 2.40. The Hall–Kier alpha value is -2.37. The van der Waals surface area contributed by atoms with Gasteiger partial charge in [0.25, 0.3) is 5.91 Å². The van der Waals surface area contributed by atoms with Gasteiger partial charge < -0.3 is 10.6 Å². The van der Waals surface area contributed by atoms with Gasteiger partial charge in [-0.05, 0) is 49.9 Å². The van der Waals surface area contributed by atoms with Crippen LogP contribution in [0.1, 0.15) is 22.8 Å². The van der Waals surface area contributed by atoms with Gasteiger partial charge in [0.15, 0.2) is 0 Å². The second-order valence-electron chi connectivity index (χ2n) is 5.79. The third kappa shape index (κ3) is 6.21. The Morgan fingerprint density at radius 1 is 1.12 bits per heavy atom. The van der Waals surface area contributed by atoms with Crippen molar-refractivity contribution in [1.29, 1.82) is 0 Å². The van der Waals surface area contributed by atoms with Crippen molar-refractivity contribution < 1.29 is 9.59 Å². The molecule has 0 atom stereocenters. The quantitative estimate of drug-likeness (QED) is 0.798. The molecule has 132 valence electrons. The van der Waals surface area contributed by atoms with Gasteiger partial charge in [0, 0.05) is 29.4 Å². The maximum absolute atomic E-state index is 12.2. The Labute approximate surface area is 153 Å². The molecular formula is C19H22ClN3O2. The molecule has 2 aromatic rings. The summed E-state index contributed by atoms with van der Waals surface area (Å²) in [5.41, 5.74) is 2.21. The molecule has 2 aromatic carbocycles. The number of rotatable bonds is 7. The summed E-state index contributed by atoms with van der Waals surface area (Å²) in [5, 5.41) is 6.25. The fourth-order valence-corrected chi connectivity index (χ4v) is 2.53. The number of hydrogen-bond acceptors (Lipinski definition) is 3. The molecule has 0 aliphatic rings. The highest BCUT2D eigenvalue weighted by Crippen LogP contribution is 2.12. The molecule has 0 bridgehead atoms. The predicted molar refractivity (Wildman–Crippen MR) is 101 cm³/mol. The van der Waals surface area contributed by atoms with Gasteiger partial charge in [-0.15, -0.1) is 0 Å². The average Bonchev–Trinajstić information content (AvgIpc) is 2.57. The lowest BCUT2D eigenvalue weighted by atomic mass is 10.2. The summed E-state index contributed by atoms with van der Waals surface area (Å²) < 4.78 is 0. The van der Waals surface area contributed by atoms with Crippen molar-refractivity contribution in [3.63, 3.8) is 0 Å². The molecule has 0 unspecified atom stereocenters. The molecule has 0 heterocycles. The van der Waals surface area contributed by atoms with E-state index >= 15 is 0 Å². The first-order chi connectivity index (χ1) is 12.0. The third-order valence-corrected chi connectivity index (χ3v) is 3.78. The molecule has 25 heavy (non-hydrogen) atoms. The van der Waals surface area contributed by atoms with E-state index in [1.807, 2.05) is 43.1 Å². The van der Waals surface area contributed by atoms with Gasteiger partial charge >= 0.3 is 0 Å². The number of carbonyl (C=O) groups is 2. The van der Waals surface area contributed by atoms with Gasteiger partial charge in [-0.2, -0.15) is 0 Å². The van der Waals surface area contributed by atoms with Crippen molar-refractivity contribution in [1.82, 2.24) is 10.2 Å². The van der Waals surface area contributed by atoms with Crippen molar-refractivity contribution in [2.45, 2.75) is 13.5 Å². The van der Waals surface area contributed by atoms with E-state index in [2.05, 4.69) is 10.6 Å². The molecule has 6 heteroatoms. The molecule has 0 fully saturated rings. The average molecular weight is 360 g/mol. The van der Waals surface area contributed by atoms with Gasteiger partial charge in [0.1, 0.15) is 0 Å². The number of amides is 2. The number of nitrogens with zero attached hydrogens (tertiary/aromatic N) is 1. The second kappa shape index (κ2) is 9.20. The SMILES string of the molecule is CCNC(=O)c1cccc(NC(=O)CN(C)Cc2ccc(Cl)cc2)c1. The van der Waals surface area contributed by atoms with Crippen molar-refractivity contribution in [2.75, 3.05) is 25.5 Å². The van der Waals surface area contributed by atoms with Gasteiger partial charge in [0.2, 0.25) is 5.91 Å². The van der Waals surface area contributed by atoms with E-state index in [1.165, 1.54) is 0 Å². The van der Waals surface area contributed by atoms with Crippen LogP contribution in [0, 0.1) is 0 Å². The van der Waals surface area contributed by atoms with Crippen molar-refractivity contribution >= 4 is 29.1 Å². The summed E-state index contributed by atoms with van der Waals surface area (Å²) in [5.74, 6) is -0.289. The maximum Gasteiger partial charge on any atom is 0.251 e. The molecule has 0 spiro atoms. The van der Waals surface area contributed by atoms with Gasteiger partial charge in [0.05, 0.1) is 6.54 Å². The van der Waals surface area contributed by atoms with E-state index in [4.69, 9.17) is 11.6 Å². The minimum atomic E-state index is -0.154. The Morgan fingerprint density at radius 3 is 2.52 bits per heavy atom. The minimum absolute atomic E-state index is 0.135. The molecule has 2 rings (SSSR count). The topological polar surface area (TPSA) is 61.4 Å². The number of halogens is 1. The predicted octanol–water partition coefficient (Wildman–Crippen LogP) is 3.16. The lowest BCUT2D eigenvalue weighted by Gasteiger charge is -2.16. The van der Waals surface area contributed by atoms with Crippen LogP contribution in [0.15, 0.2) is 48.5 Å². The molecule has 0 aromatic heterocycles. The Balaban J connectivity index is 1.90. The van der Waals surface area contributed by atoms with E-state index in [9.17, 15) is 9.59 Å². The number of benzene rings is 2. The number of anilines is 1. The van der Waals surface area contributed by atoms with E-state index in [-0.39, 0.29) is 18.4 Å². The zero-order valence-corrected chi connectivity index (χ0v) is 15.1. The summed E-state index contributed by atoms with van der Waals surface area (Å²) in [6.07, 6.45) is 0. The third-order valence-electron chi connectivity index (χ3n) is 3.53. The highest BCUT2D eigenvalue weighted by Gasteiger charge is 2.10. The number of nitrogens with one attached hydrogen (secondary N) is 2. The number of likely N-dealkylation sites (N-methyl/N-ethyl adjacent to an activating group) is 1. The van der Waals surface area contributed by atoms with Gasteiger partial charge in [-0.25, -0.2) is 0 Å². The van der Waals surface area contributed by atoms with Crippen LogP contribution in [0.25, 0.3) is 0 Å². The fraction of sp³-hybridized carbons (Fsp3) is 0.263. The molecule has 2 N–H and O–H groups in total. The molecule has 0 aliphatic carbocycles. The molecule has 2 amide bonds.